The zero-order valence-corrected chi connectivity index (χ0v) is 15.3. The topological polar surface area (TPSA) is 74.2 Å². The SMILES string of the molecule is CCc1cccc(CC)c1NC(=O)/C(C#N)=C\Nc1ccccc1OC. The van der Waals surface area contributed by atoms with Crippen LogP contribution in [-0.2, 0) is 17.6 Å². The third-order valence-electron chi connectivity index (χ3n) is 4.08. The average molecular weight is 349 g/mol. The van der Waals surface area contributed by atoms with Crippen molar-refractivity contribution in [1.82, 2.24) is 0 Å². The first kappa shape index (κ1) is 19.1. The van der Waals surface area contributed by atoms with Crippen LogP contribution < -0.4 is 15.4 Å². The maximum absolute atomic E-state index is 12.6. The van der Waals surface area contributed by atoms with Crippen LogP contribution in [0.5, 0.6) is 5.75 Å². The zero-order chi connectivity index (χ0) is 18.9. The van der Waals surface area contributed by atoms with Crippen LogP contribution in [0, 0.1) is 11.3 Å². The highest BCUT2D eigenvalue weighted by molar-refractivity contribution is 6.07. The second kappa shape index (κ2) is 9.28. The molecule has 2 aromatic rings. The van der Waals surface area contributed by atoms with E-state index in [2.05, 4.69) is 10.6 Å². The van der Waals surface area contributed by atoms with Gasteiger partial charge in [0.1, 0.15) is 17.4 Å². The molecule has 0 heterocycles. The van der Waals surface area contributed by atoms with E-state index in [1.54, 1.807) is 13.2 Å². The Kier molecular flexibility index (Phi) is 6.81. The third kappa shape index (κ3) is 4.42. The van der Waals surface area contributed by atoms with E-state index in [0.29, 0.717) is 11.4 Å². The number of para-hydroxylation sites is 3. The molecule has 0 aliphatic rings. The van der Waals surface area contributed by atoms with Crippen molar-refractivity contribution in [1.29, 1.82) is 5.26 Å². The predicted octanol–water partition coefficient (Wildman–Crippen LogP) is 4.28. The third-order valence-corrected chi connectivity index (χ3v) is 4.08. The molecule has 5 heteroatoms. The summed E-state index contributed by atoms with van der Waals surface area (Å²) in [6.45, 7) is 4.07. The maximum atomic E-state index is 12.6. The normalized spacial score (nSPS) is 10.8. The van der Waals surface area contributed by atoms with Crippen LogP contribution in [0.1, 0.15) is 25.0 Å². The quantitative estimate of drug-likeness (QED) is 0.578. The molecule has 0 aliphatic carbocycles. The molecule has 0 bridgehead atoms. The number of aryl methyl sites for hydroxylation is 2. The summed E-state index contributed by atoms with van der Waals surface area (Å²) >= 11 is 0. The molecule has 0 radical (unpaired) electrons. The number of amides is 1. The maximum Gasteiger partial charge on any atom is 0.267 e. The summed E-state index contributed by atoms with van der Waals surface area (Å²) in [5.74, 6) is 0.191. The number of anilines is 2. The van der Waals surface area contributed by atoms with Gasteiger partial charge >= 0.3 is 0 Å². The Bertz CT molecular complexity index is 828. The summed E-state index contributed by atoms with van der Waals surface area (Å²) in [5, 5.41) is 15.2. The number of nitriles is 1. The number of hydrogen-bond acceptors (Lipinski definition) is 4. The molecule has 0 unspecified atom stereocenters. The summed E-state index contributed by atoms with van der Waals surface area (Å²) < 4.78 is 5.25. The van der Waals surface area contributed by atoms with Gasteiger partial charge in [0.25, 0.3) is 5.91 Å². The van der Waals surface area contributed by atoms with Crippen molar-refractivity contribution in [3.05, 3.63) is 65.4 Å². The second-order valence-corrected chi connectivity index (χ2v) is 5.63. The minimum Gasteiger partial charge on any atom is -0.495 e. The van der Waals surface area contributed by atoms with E-state index in [1.807, 2.05) is 56.3 Å². The van der Waals surface area contributed by atoms with Crippen molar-refractivity contribution in [3.63, 3.8) is 0 Å². The van der Waals surface area contributed by atoms with Gasteiger partial charge in [0.05, 0.1) is 12.8 Å². The number of carbonyl (C=O) groups excluding carboxylic acids is 1. The van der Waals surface area contributed by atoms with Crippen molar-refractivity contribution in [2.75, 3.05) is 17.7 Å². The van der Waals surface area contributed by atoms with Crippen LogP contribution in [0.3, 0.4) is 0 Å². The first-order valence-electron chi connectivity index (χ1n) is 8.56. The van der Waals surface area contributed by atoms with Gasteiger partial charge in [-0.1, -0.05) is 44.2 Å². The van der Waals surface area contributed by atoms with Gasteiger partial charge in [-0.05, 0) is 36.1 Å². The minimum atomic E-state index is -0.439. The van der Waals surface area contributed by atoms with E-state index < -0.39 is 5.91 Å². The molecule has 0 saturated carbocycles. The fraction of sp³-hybridized carbons (Fsp3) is 0.238. The molecule has 0 atom stereocenters. The number of rotatable bonds is 7. The lowest BCUT2D eigenvalue weighted by atomic mass is 10.0. The lowest BCUT2D eigenvalue weighted by Crippen LogP contribution is -2.17. The van der Waals surface area contributed by atoms with Crippen LogP contribution in [0.25, 0.3) is 0 Å². The molecule has 1 amide bonds. The van der Waals surface area contributed by atoms with Gasteiger partial charge in [0.2, 0.25) is 0 Å². The molecule has 0 aliphatic heterocycles. The Morgan fingerprint density at radius 1 is 1.12 bits per heavy atom. The Balaban J connectivity index is 2.23. The highest BCUT2D eigenvalue weighted by Crippen LogP contribution is 2.24. The summed E-state index contributed by atoms with van der Waals surface area (Å²) in [6, 6.07) is 15.2. The Morgan fingerprint density at radius 2 is 1.77 bits per heavy atom. The van der Waals surface area contributed by atoms with Gasteiger partial charge in [0.15, 0.2) is 0 Å². The van der Waals surface area contributed by atoms with E-state index >= 15 is 0 Å². The van der Waals surface area contributed by atoms with Gasteiger partial charge in [0, 0.05) is 11.9 Å². The summed E-state index contributed by atoms with van der Waals surface area (Å²) in [6.07, 6.45) is 3.00. The fourth-order valence-corrected chi connectivity index (χ4v) is 2.65. The van der Waals surface area contributed by atoms with Gasteiger partial charge in [-0.3, -0.25) is 4.79 Å². The minimum absolute atomic E-state index is 0.0103. The number of methoxy groups -OCH3 is 1. The highest BCUT2D eigenvalue weighted by Gasteiger charge is 2.14. The molecule has 2 aromatic carbocycles. The Hall–Kier alpha value is -3.26. The number of carbonyl (C=O) groups is 1. The number of nitrogens with zero attached hydrogens (tertiary/aromatic N) is 1. The monoisotopic (exact) mass is 349 g/mol. The van der Waals surface area contributed by atoms with Crippen LogP contribution >= 0.6 is 0 Å². The Morgan fingerprint density at radius 3 is 2.35 bits per heavy atom. The van der Waals surface area contributed by atoms with Crippen molar-refractivity contribution in [2.45, 2.75) is 26.7 Å². The van der Waals surface area contributed by atoms with Crippen LogP contribution in [0.2, 0.25) is 0 Å². The highest BCUT2D eigenvalue weighted by atomic mass is 16.5. The first-order chi connectivity index (χ1) is 12.6. The lowest BCUT2D eigenvalue weighted by Gasteiger charge is -2.14. The molecule has 0 fully saturated rings. The van der Waals surface area contributed by atoms with E-state index in [9.17, 15) is 10.1 Å². The number of ether oxygens (including phenoxy) is 1. The molecule has 2 rings (SSSR count). The van der Waals surface area contributed by atoms with Crippen LogP contribution in [0.15, 0.2) is 54.2 Å². The van der Waals surface area contributed by atoms with E-state index in [4.69, 9.17) is 4.74 Å². The Labute approximate surface area is 154 Å². The van der Waals surface area contributed by atoms with Gasteiger partial charge in [-0.15, -0.1) is 0 Å². The van der Waals surface area contributed by atoms with Crippen molar-refractivity contribution in [2.24, 2.45) is 0 Å². The molecule has 26 heavy (non-hydrogen) atoms. The molecule has 0 spiro atoms. The van der Waals surface area contributed by atoms with E-state index in [0.717, 1.165) is 29.7 Å². The first-order valence-corrected chi connectivity index (χ1v) is 8.56. The number of nitrogens with one attached hydrogen (secondary N) is 2. The van der Waals surface area contributed by atoms with E-state index in [1.165, 1.54) is 6.20 Å². The molecular weight excluding hydrogens is 326 g/mol. The lowest BCUT2D eigenvalue weighted by molar-refractivity contribution is -0.112. The molecule has 2 N–H and O–H groups in total. The number of benzene rings is 2. The standard InChI is InChI=1S/C21H23N3O2/c1-4-15-9-8-10-16(5-2)20(15)24-21(25)17(13-22)14-23-18-11-6-7-12-19(18)26-3/h6-12,14,23H,4-5H2,1-3H3,(H,24,25)/b17-14-. The molecule has 134 valence electrons. The van der Waals surface area contributed by atoms with Crippen LogP contribution in [0.4, 0.5) is 11.4 Å². The van der Waals surface area contributed by atoms with Crippen LogP contribution in [-0.4, -0.2) is 13.0 Å². The van der Waals surface area contributed by atoms with Crippen molar-refractivity contribution in [3.8, 4) is 11.8 Å². The second-order valence-electron chi connectivity index (χ2n) is 5.63. The van der Waals surface area contributed by atoms with Gasteiger partial charge in [-0.2, -0.15) is 5.26 Å². The number of hydrogen-bond donors (Lipinski definition) is 2. The van der Waals surface area contributed by atoms with Gasteiger partial charge < -0.3 is 15.4 Å². The molecular formula is C21H23N3O2. The predicted molar refractivity (Wildman–Crippen MR) is 104 cm³/mol. The van der Waals surface area contributed by atoms with E-state index in [-0.39, 0.29) is 5.57 Å². The average Bonchev–Trinajstić information content (AvgIpc) is 2.68. The summed E-state index contributed by atoms with van der Waals surface area (Å²) in [4.78, 5) is 12.6. The smallest absolute Gasteiger partial charge is 0.267 e. The zero-order valence-electron chi connectivity index (χ0n) is 15.3. The van der Waals surface area contributed by atoms with Crippen molar-refractivity contribution < 1.29 is 9.53 Å². The molecule has 0 aromatic heterocycles. The molecule has 5 nitrogen and oxygen atoms in total. The fourth-order valence-electron chi connectivity index (χ4n) is 2.65. The summed E-state index contributed by atoms with van der Waals surface area (Å²) in [7, 11) is 1.57. The van der Waals surface area contributed by atoms with Gasteiger partial charge in [-0.25, -0.2) is 0 Å². The summed E-state index contributed by atoms with van der Waals surface area (Å²) in [5.41, 5.74) is 3.56. The molecule has 0 saturated heterocycles. The van der Waals surface area contributed by atoms with Crippen molar-refractivity contribution >= 4 is 17.3 Å². The largest absolute Gasteiger partial charge is 0.495 e.